The molecule has 1 aromatic heterocycles. The fourth-order valence-electron chi connectivity index (χ4n) is 3.45. The number of amides is 1. The highest BCUT2D eigenvalue weighted by Crippen LogP contribution is 2.55. The minimum Gasteiger partial charge on any atom is -0.472 e. The molecule has 0 spiro atoms. The van der Waals surface area contributed by atoms with Gasteiger partial charge in [0, 0.05) is 11.0 Å². The van der Waals surface area contributed by atoms with E-state index in [-0.39, 0.29) is 18.5 Å². The molecule has 2 aliphatic rings. The van der Waals surface area contributed by atoms with E-state index >= 15 is 0 Å². The van der Waals surface area contributed by atoms with Crippen LogP contribution in [0, 0.1) is 16.7 Å². The van der Waals surface area contributed by atoms with Crippen molar-refractivity contribution in [3.05, 3.63) is 35.3 Å². The molecular weight excluding hydrogens is 310 g/mol. The number of hydrogen-bond donors (Lipinski definition) is 1. The van der Waals surface area contributed by atoms with Gasteiger partial charge in [-0.3, -0.25) is 4.79 Å². The number of nitriles is 1. The maximum absolute atomic E-state index is 12.4. The van der Waals surface area contributed by atoms with Crippen LogP contribution in [0.15, 0.2) is 39.3 Å². The maximum atomic E-state index is 12.4. The molecule has 0 radical (unpaired) electrons. The number of cyclic esters (lactones) is 1. The fraction of sp³-hybridized carbons (Fsp3) is 0.412. The number of fused-ring (bicyclic) bond motifs is 1. The smallest absolute Gasteiger partial charge is 0.335 e. The quantitative estimate of drug-likeness (QED) is 0.678. The first-order chi connectivity index (χ1) is 11.5. The molecule has 7 nitrogen and oxygen atoms in total. The van der Waals surface area contributed by atoms with Gasteiger partial charge in [-0.15, -0.1) is 0 Å². The van der Waals surface area contributed by atoms with Gasteiger partial charge in [0.25, 0.3) is 5.91 Å². The van der Waals surface area contributed by atoms with Crippen LogP contribution in [0.4, 0.5) is 0 Å². The van der Waals surface area contributed by atoms with Crippen LogP contribution in [0.2, 0.25) is 0 Å². The lowest BCUT2D eigenvalue weighted by Crippen LogP contribution is -2.31. The predicted molar refractivity (Wildman–Crippen MR) is 83.4 cm³/mol. The second-order valence-corrected chi connectivity index (χ2v) is 6.19. The van der Waals surface area contributed by atoms with Gasteiger partial charge in [0.15, 0.2) is 0 Å². The summed E-state index contributed by atoms with van der Waals surface area (Å²) in [5.74, 6) is -0.835. The Hall–Kier alpha value is -2.88. The van der Waals surface area contributed by atoms with Gasteiger partial charge in [0.2, 0.25) is 0 Å². The number of carbonyl (C=O) groups excluding carboxylic acids is 2. The van der Waals surface area contributed by atoms with E-state index in [2.05, 4.69) is 10.5 Å². The second-order valence-electron chi connectivity index (χ2n) is 6.19. The van der Waals surface area contributed by atoms with Crippen molar-refractivity contribution in [1.82, 2.24) is 5.43 Å². The van der Waals surface area contributed by atoms with Gasteiger partial charge in [-0.1, -0.05) is 6.92 Å². The molecule has 7 heteroatoms. The number of hydrogen-bond acceptors (Lipinski definition) is 6. The van der Waals surface area contributed by atoms with Crippen molar-refractivity contribution >= 4 is 17.6 Å². The summed E-state index contributed by atoms with van der Waals surface area (Å²) in [5.41, 5.74) is 4.68. The Morgan fingerprint density at radius 2 is 2.38 bits per heavy atom. The monoisotopic (exact) mass is 327 g/mol. The highest BCUT2D eigenvalue weighted by molar-refractivity contribution is 6.09. The minimum absolute atomic E-state index is 0.255. The number of ether oxygens (including phenoxy) is 1. The van der Waals surface area contributed by atoms with Crippen LogP contribution >= 0.6 is 0 Å². The SMILES string of the molecule is CC1=C2C(=O)O[C@@H](c3ccoc3)[C@]2(C)CC/C1=N\NC(=O)CC#N. The average Bonchev–Trinajstić information content (AvgIpc) is 3.14. The van der Waals surface area contributed by atoms with E-state index in [1.807, 2.05) is 6.92 Å². The number of rotatable bonds is 3. The zero-order chi connectivity index (χ0) is 17.3. The first-order valence-electron chi connectivity index (χ1n) is 7.64. The van der Waals surface area contributed by atoms with Gasteiger partial charge in [-0.25, -0.2) is 10.2 Å². The van der Waals surface area contributed by atoms with E-state index in [1.54, 1.807) is 31.6 Å². The van der Waals surface area contributed by atoms with Crippen molar-refractivity contribution in [3.8, 4) is 6.07 Å². The lowest BCUT2D eigenvalue weighted by Gasteiger charge is -2.33. The summed E-state index contributed by atoms with van der Waals surface area (Å²) < 4.78 is 10.7. The molecule has 2 atom stereocenters. The lowest BCUT2D eigenvalue weighted by molar-refractivity contribution is -0.140. The lowest BCUT2D eigenvalue weighted by atomic mass is 9.68. The van der Waals surface area contributed by atoms with Gasteiger partial charge in [0.1, 0.15) is 12.5 Å². The Labute approximate surface area is 139 Å². The zero-order valence-corrected chi connectivity index (χ0v) is 13.5. The molecule has 0 aromatic carbocycles. The van der Waals surface area contributed by atoms with Crippen LogP contribution in [-0.4, -0.2) is 17.6 Å². The van der Waals surface area contributed by atoms with Crippen molar-refractivity contribution in [2.24, 2.45) is 10.5 Å². The number of esters is 1. The highest BCUT2D eigenvalue weighted by Gasteiger charge is 2.53. The van der Waals surface area contributed by atoms with Crippen LogP contribution in [0.1, 0.15) is 44.8 Å². The largest absolute Gasteiger partial charge is 0.472 e. The topological polar surface area (TPSA) is 105 Å². The molecule has 0 saturated carbocycles. The van der Waals surface area contributed by atoms with Gasteiger partial charge in [0.05, 0.1) is 29.9 Å². The third kappa shape index (κ3) is 2.50. The van der Waals surface area contributed by atoms with E-state index in [1.165, 1.54) is 0 Å². The van der Waals surface area contributed by atoms with E-state index in [4.69, 9.17) is 14.4 Å². The second kappa shape index (κ2) is 5.96. The van der Waals surface area contributed by atoms with Gasteiger partial charge >= 0.3 is 5.97 Å². The van der Waals surface area contributed by atoms with Crippen LogP contribution in [0.25, 0.3) is 0 Å². The summed E-state index contributed by atoms with van der Waals surface area (Å²) in [6, 6.07) is 3.56. The number of carbonyl (C=O) groups is 2. The summed E-state index contributed by atoms with van der Waals surface area (Å²) in [5, 5.41) is 12.6. The summed E-state index contributed by atoms with van der Waals surface area (Å²) in [7, 11) is 0. The van der Waals surface area contributed by atoms with Crippen LogP contribution < -0.4 is 5.43 Å². The summed E-state index contributed by atoms with van der Waals surface area (Å²) in [6.45, 7) is 3.81. The third-order valence-electron chi connectivity index (χ3n) is 4.67. The molecule has 1 aromatic rings. The zero-order valence-electron chi connectivity index (χ0n) is 13.5. The van der Waals surface area contributed by atoms with Gasteiger partial charge in [-0.05, 0) is 31.4 Å². The van der Waals surface area contributed by atoms with Gasteiger partial charge < -0.3 is 9.15 Å². The van der Waals surface area contributed by atoms with E-state index in [0.29, 0.717) is 24.1 Å². The molecule has 1 N–H and O–H groups in total. The summed E-state index contributed by atoms with van der Waals surface area (Å²) in [6.07, 6.45) is 3.77. The molecular formula is C17H17N3O4. The standard InChI is InChI=1S/C17H17N3O4/c1-10-12(19-20-13(21)4-7-18)3-6-17(2)14(10)16(22)24-15(17)11-5-8-23-9-11/h5,8-9,15H,3-4,6H2,1-2H3,(H,20,21)/b19-12+/t15-,17+/m0/s1. The minimum atomic E-state index is -0.471. The Morgan fingerprint density at radius 1 is 1.58 bits per heavy atom. The molecule has 1 aliphatic carbocycles. The molecule has 124 valence electrons. The van der Waals surface area contributed by atoms with Gasteiger partial charge in [-0.2, -0.15) is 10.4 Å². The van der Waals surface area contributed by atoms with Crippen LogP contribution in [0.3, 0.4) is 0 Å². The molecule has 1 saturated heterocycles. The van der Waals surface area contributed by atoms with E-state index in [9.17, 15) is 9.59 Å². The van der Waals surface area contributed by atoms with Crippen LogP contribution in [-0.2, 0) is 14.3 Å². The molecule has 3 rings (SSSR count). The number of allylic oxidation sites excluding steroid dienone is 1. The van der Waals surface area contributed by atoms with Crippen LogP contribution in [0.5, 0.6) is 0 Å². The summed E-state index contributed by atoms with van der Waals surface area (Å²) >= 11 is 0. The van der Waals surface area contributed by atoms with E-state index in [0.717, 1.165) is 11.1 Å². The average molecular weight is 327 g/mol. The summed E-state index contributed by atoms with van der Waals surface area (Å²) in [4.78, 5) is 23.8. The Kier molecular flexibility index (Phi) is 3.97. The molecule has 2 heterocycles. The first kappa shape index (κ1) is 16.0. The number of nitrogens with zero attached hydrogens (tertiary/aromatic N) is 2. The highest BCUT2D eigenvalue weighted by atomic mass is 16.6. The molecule has 1 amide bonds. The van der Waals surface area contributed by atoms with Crippen molar-refractivity contribution < 1.29 is 18.7 Å². The molecule has 1 aliphatic heterocycles. The third-order valence-corrected chi connectivity index (χ3v) is 4.67. The van der Waals surface area contributed by atoms with Crippen molar-refractivity contribution in [1.29, 1.82) is 5.26 Å². The molecule has 0 bridgehead atoms. The van der Waals surface area contributed by atoms with Crippen molar-refractivity contribution in [2.45, 2.75) is 39.2 Å². The molecule has 1 fully saturated rings. The Bertz CT molecular complexity index is 785. The van der Waals surface area contributed by atoms with E-state index < -0.39 is 11.3 Å². The molecule has 24 heavy (non-hydrogen) atoms. The maximum Gasteiger partial charge on any atom is 0.335 e. The number of hydrazone groups is 1. The normalized spacial score (nSPS) is 27.6. The van der Waals surface area contributed by atoms with Crippen molar-refractivity contribution in [3.63, 3.8) is 0 Å². The first-order valence-corrected chi connectivity index (χ1v) is 7.64. The Morgan fingerprint density at radius 3 is 3.04 bits per heavy atom. The number of nitrogens with one attached hydrogen (secondary N) is 1. The number of furan rings is 1. The Balaban J connectivity index is 1.93. The fourth-order valence-corrected chi connectivity index (χ4v) is 3.45. The predicted octanol–water partition coefficient (Wildman–Crippen LogP) is 2.38. The van der Waals surface area contributed by atoms with Crippen molar-refractivity contribution in [2.75, 3.05) is 0 Å². The molecule has 0 unspecified atom stereocenters.